The van der Waals surface area contributed by atoms with E-state index in [2.05, 4.69) is 19.6 Å². The Balaban J connectivity index is 2.18. The second kappa shape index (κ2) is 5.98. The molecule has 1 amide bonds. The van der Waals surface area contributed by atoms with E-state index in [9.17, 15) is 13.2 Å². The van der Waals surface area contributed by atoms with Crippen molar-refractivity contribution in [3.05, 3.63) is 39.9 Å². The number of amides is 1. The molecule has 1 aromatic carbocycles. The number of sulfone groups is 1. The number of hydrogen-bond donors (Lipinski definition) is 0. The zero-order chi connectivity index (χ0) is 18.6. The molecule has 2 bridgehead atoms. The van der Waals surface area contributed by atoms with Crippen LogP contribution in [0.5, 0.6) is 0 Å². The van der Waals surface area contributed by atoms with Crippen molar-refractivity contribution < 1.29 is 17.9 Å². The van der Waals surface area contributed by atoms with Crippen LogP contribution in [0.25, 0.3) is 0 Å². The summed E-state index contributed by atoms with van der Waals surface area (Å²) in [5, 5.41) is 0.981. The number of rotatable bonds is 3. The van der Waals surface area contributed by atoms with E-state index in [1.54, 1.807) is 17.0 Å². The summed E-state index contributed by atoms with van der Waals surface area (Å²) >= 11 is 0. The minimum atomic E-state index is -3.63. The molecule has 136 valence electrons. The molecule has 1 saturated heterocycles. The first-order valence-electron chi connectivity index (χ1n) is 8.51. The first-order chi connectivity index (χ1) is 11.6. The van der Waals surface area contributed by atoms with Crippen LogP contribution >= 0.6 is 0 Å². The average Bonchev–Trinajstić information content (AvgIpc) is 3.10. The lowest BCUT2D eigenvalue weighted by Crippen LogP contribution is -2.40. The molecule has 2 unspecified atom stereocenters. The molecular formula is C18H25NO4SSi. The summed E-state index contributed by atoms with van der Waals surface area (Å²) in [5.74, 6) is 0. The van der Waals surface area contributed by atoms with Gasteiger partial charge in [-0.3, -0.25) is 4.90 Å². The summed E-state index contributed by atoms with van der Waals surface area (Å²) in [6.07, 6.45) is 1.05. The molecule has 2 aliphatic rings. The second-order valence-electron chi connectivity index (χ2n) is 7.83. The van der Waals surface area contributed by atoms with Crippen LogP contribution in [0, 0.1) is 6.92 Å². The zero-order valence-electron chi connectivity index (χ0n) is 15.4. The molecule has 0 aromatic heterocycles. The van der Waals surface area contributed by atoms with Gasteiger partial charge in [0.15, 0.2) is 0 Å². The summed E-state index contributed by atoms with van der Waals surface area (Å²) in [6.45, 7) is 8.36. The normalized spacial score (nSPS) is 23.3. The number of benzene rings is 1. The van der Waals surface area contributed by atoms with Crippen molar-refractivity contribution in [3.8, 4) is 0 Å². The van der Waals surface area contributed by atoms with Crippen LogP contribution in [0.3, 0.4) is 0 Å². The SMILES string of the molecule is COC(=O)N1C2CCC1C(S(=O)(=O)c1ccc(C)cc1)=C2[Si](C)(C)C. The van der Waals surface area contributed by atoms with Crippen molar-refractivity contribution in [2.45, 2.75) is 56.4 Å². The van der Waals surface area contributed by atoms with Crippen LogP contribution in [-0.2, 0) is 14.6 Å². The van der Waals surface area contributed by atoms with E-state index in [1.165, 1.54) is 7.11 Å². The van der Waals surface area contributed by atoms with Gasteiger partial charge in [-0.05, 0) is 37.1 Å². The van der Waals surface area contributed by atoms with Gasteiger partial charge in [0, 0.05) is 0 Å². The molecule has 0 aliphatic carbocycles. The largest absolute Gasteiger partial charge is 0.453 e. The summed E-state index contributed by atoms with van der Waals surface area (Å²) in [7, 11) is -4.22. The maximum Gasteiger partial charge on any atom is 0.410 e. The number of carbonyl (C=O) groups is 1. The third-order valence-corrected chi connectivity index (χ3v) is 9.46. The Labute approximate surface area is 150 Å². The highest BCUT2D eigenvalue weighted by Gasteiger charge is 2.55. The molecule has 1 fully saturated rings. The molecule has 0 spiro atoms. The van der Waals surface area contributed by atoms with Gasteiger partial charge in [-0.25, -0.2) is 13.2 Å². The maximum atomic E-state index is 13.4. The van der Waals surface area contributed by atoms with Gasteiger partial charge in [-0.1, -0.05) is 37.3 Å². The molecule has 1 aromatic rings. The smallest absolute Gasteiger partial charge is 0.410 e. The number of hydrogen-bond acceptors (Lipinski definition) is 4. The number of carbonyl (C=O) groups excluding carboxylic acids is 1. The monoisotopic (exact) mass is 379 g/mol. The fourth-order valence-corrected chi connectivity index (χ4v) is 9.37. The van der Waals surface area contributed by atoms with Crippen molar-refractivity contribution >= 4 is 24.0 Å². The fraction of sp³-hybridized carbons (Fsp3) is 0.500. The number of methoxy groups -OCH3 is 1. The summed E-state index contributed by atoms with van der Waals surface area (Å²) in [4.78, 5) is 14.7. The van der Waals surface area contributed by atoms with Gasteiger partial charge >= 0.3 is 6.09 Å². The molecule has 0 saturated carbocycles. The Morgan fingerprint density at radius 1 is 1.12 bits per heavy atom. The van der Waals surface area contributed by atoms with E-state index in [1.807, 2.05) is 19.1 Å². The molecule has 7 heteroatoms. The van der Waals surface area contributed by atoms with Crippen LogP contribution in [-0.4, -0.2) is 46.7 Å². The van der Waals surface area contributed by atoms with Crippen LogP contribution in [0.1, 0.15) is 18.4 Å². The van der Waals surface area contributed by atoms with E-state index in [0.717, 1.165) is 17.2 Å². The van der Waals surface area contributed by atoms with Crippen LogP contribution in [0.2, 0.25) is 19.6 Å². The second-order valence-corrected chi connectivity index (χ2v) is 14.8. The molecule has 25 heavy (non-hydrogen) atoms. The Morgan fingerprint density at radius 2 is 1.68 bits per heavy atom. The highest BCUT2D eigenvalue weighted by atomic mass is 32.2. The molecule has 0 radical (unpaired) electrons. The third-order valence-electron chi connectivity index (χ3n) is 5.10. The van der Waals surface area contributed by atoms with Gasteiger partial charge in [0.2, 0.25) is 9.84 Å². The van der Waals surface area contributed by atoms with E-state index < -0.39 is 30.0 Å². The quantitative estimate of drug-likeness (QED) is 0.754. The van der Waals surface area contributed by atoms with Gasteiger partial charge in [-0.2, -0.15) is 0 Å². The minimum absolute atomic E-state index is 0.139. The molecular weight excluding hydrogens is 354 g/mol. The van der Waals surface area contributed by atoms with E-state index in [4.69, 9.17) is 4.74 Å². The van der Waals surface area contributed by atoms with Crippen molar-refractivity contribution in [1.29, 1.82) is 0 Å². The van der Waals surface area contributed by atoms with Crippen LogP contribution in [0.15, 0.2) is 39.3 Å². The molecule has 2 atom stereocenters. The van der Waals surface area contributed by atoms with Crippen molar-refractivity contribution in [3.63, 3.8) is 0 Å². The van der Waals surface area contributed by atoms with E-state index in [0.29, 0.717) is 16.2 Å². The Bertz CT molecular complexity index is 837. The lowest BCUT2D eigenvalue weighted by molar-refractivity contribution is 0.120. The third kappa shape index (κ3) is 2.83. The highest BCUT2D eigenvalue weighted by molar-refractivity contribution is 7.95. The first-order valence-corrected chi connectivity index (χ1v) is 13.5. The average molecular weight is 380 g/mol. The van der Waals surface area contributed by atoms with Crippen molar-refractivity contribution in [2.24, 2.45) is 0 Å². The lowest BCUT2D eigenvalue weighted by Gasteiger charge is -2.28. The Morgan fingerprint density at radius 3 is 2.20 bits per heavy atom. The maximum absolute atomic E-state index is 13.4. The highest BCUT2D eigenvalue weighted by Crippen LogP contribution is 2.49. The van der Waals surface area contributed by atoms with Gasteiger partial charge in [-0.15, -0.1) is 0 Å². The molecule has 5 nitrogen and oxygen atoms in total. The summed E-state index contributed by atoms with van der Waals surface area (Å²) in [5.41, 5.74) is 1.02. The predicted molar refractivity (Wildman–Crippen MR) is 99.8 cm³/mol. The number of aryl methyl sites for hydroxylation is 1. The van der Waals surface area contributed by atoms with Crippen molar-refractivity contribution in [2.75, 3.05) is 7.11 Å². The van der Waals surface area contributed by atoms with Gasteiger partial charge in [0.1, 0.15) is 0 Å². The first kappa shape index (κ1) is 18.2. The minimum Gasteiger partial charge on any atom is -0.453 e. The topological polar surface area (TPSA) is 63.7 Å². The summed E-state index contributed by atoms with van der Waals surface area (Å²) in [6, 6.07) is 6.41. The van der Waals surface area contributed by atoms with E-state index in [-0.39, 0.29) is 6.04 Å². The standard InChI is InChI=1S/C18H25NO4SSi/c1-12-6-8-13(9-7-12)24(21,22)16-14-10-11-15(17(16)25(3,4)5)19(14)18(20)23-2/h6-9,14-15H,10-11H2,1-5H3. The molecule has 2 aliphatic heterocycles. The molecule has 2 heterocycles. The van der Waals surface area contributed by atoms with Crippen LogP contribution < -0.4 is 0 Å². The number of nitrogens with zero attached hydrogens (tertiary/aromatic N) is 1. The number of fused-ring (bicyclic) bond motifs is 2. The van der Waals surface area contributed by atoms with Gasteiger partial charge in [0.25, 0.3) is 0 Å². The van der Waals surface area contributed by atoms with Crippen LogP contribution in [0.4, 0.5) is 4.79 Å². The Hall–Kier alpha value is -1.60. The number of ether oxygens (including phenoxy) is 1. The van der Waals surface area contributed by atoms with Gasteiger partial charge < -0.3 is 4.74 Å². The molecule has 3 rings (SSSR count). The lowest BCUT2D eigenvalue weighted by atomic mass is 10.1. The van der Waals surface area contributed by atoms with Gasteiger partial charge in [0.05, 0.1) is 37.1 Å². The van der Waals surface area contributed by atoms with E-state index >= 15 is 0 Å². The zero-order valence-corrected chi connectivity index (χ0v) is 17.2. The fourth-order valence-electron chi connectivity index (χ4n) is 4.09. The summed E-state index contributed by atoms with van der Waals surface area (Å²) < 4.78 is 31.8. The molecule has 0 N–H and O–H groups in total. The Kier molecular flexibility index (Phi) is 4.35. The van der Waals surface area contributed by atoms with Crippen molar-refractivity contribution in [1.82, 2.24) is 4.90 Å². The predicted octanol–water partition coefficient (Wildman–Crippen LogP) is 3.51.